The smallest absolute Gasteiger partial charge is 0.302 e. The van der Waals surface area contributed by atoms with Crippen molar-refractivity contribution in [2.75, 3.05) is 13.2 Å². The summed E-state index contributed by atoms with van der Waals surface area (Å²) in [6, 6.07) is 0. The lowest BCUT2D eigenvalue weighted by atomic mass is 9.79. The van der Waals surface area contributed by atoms with Crippen LogP contribution in [0.4, 0.5) is 0 Å². The van der Waals surface area contributed by atoms with Gasteiger partial charge in [-0.1, -0.05) is 64.5 Å². The maximum absolute atomic E-state index is 12.3. The number of ether oxygens (including phenoxy) is 1. The number of aliphatic hydroxyl groups is 2. The van der Waals surface area contributed by atoms with Gasteiger partial charge in [-0.3, -0.25) is 9.59 Å². The van der Waals surface area contributed by atoms with E-state index in [0.717, 1.165) is 64.2 Å². The van der Waals surface area contributed by atoms with Crippen LogP contribution in [-0.2, 0) is 14.3 Å². The van der Waals surface area contributed by atoms with Crippen molar-refractivity contribution in [3.05, 3.63) is 12.2 Å². The Hall–Kier alpha value is -1.20. The minimum atomic E-state index is -0.560. The van der Waals surface area contributed by atoms with Crippen molar-refractivity contribution >= 4 is 11.8 Å². The number of ketones is 1. The average Bonchev–Trinajstić information content (AvgIpc) is 3.06. The van der Waals surface area contributed by atoms with Crippen LogP contribution < -0.4 is 0 Å². The molecule has 0 radical (unpaired) electrons. The molecule has 0 heterocycles. The van der Waals surface area contributed by atoms with Crippen LogP contribution in [0.3, 0.4) is 0 Å². The maximum atomic E-state index is 12.3. The van der Waals surface area contributed by atoms with Crippen LogP contribution in [0.15, 0.2) is 12.2 Å². The van der Waals surface area contributed by atoms with Crippen LogP contribution in [0.1, 0.15) is 97.8 Å². The highest BCUT2D eigenvalue weighted by Gasteiger charge is 2.33. The molecule has 4 atom stereocenters. The lowest BCUT2D eigenvalue weighted by Gasteiger charge is -2.32. The van der Waals surface area contributed by atoms with E-state index >= 15 is 0 Å². The van der Waals surface area contributed by atoms with Crippen molar-refractivity contribution in [3.8, 4) is 0 Å². The van der Waals surface area contributed by atoms with Gasteiger partial charge in [-0.2, -0.15) is 0 Å². The fraction of sp³-hybridized carbons (Fsp3) is 0.840. The molecule has 0 amide bonds. The van der Waals surface area contributed by atoms with Crippen LogP contribution in [0, 0.1) is 17.3 Å². The zero-order valence-corrected chi connectivity index (χ0v) is 19.4. The minimum Gasteiger partial charge on any atom is -0.466 e. The molecule has 0 aromatic carbocycles. The number of esters is 1. The molecule has 0 spiro atoms. The second-order valence-corrected chi connectivity index (χ2v) is 9.27. The molecular weight excluding hydrogens is 380 g/mol. The van der Waals surface area contributed by atoms with E-state index in [-0.39, 0.29) is 18.5 Å². The Morgan fingerprint density at radius 1 is 1.23 bits per heavy atom. The summed E-state index contributed by atoms with van der Waals surface area (Å²) in [6.45, 7) is 5.95. The highest BCUT2D eigenvalue weighted by Crippen LogP contribution is 2.35. The van der Waals surface area contributed by atoms with Gasteiger partial charge >= 0.3 is 5.97 Å². The number of Topliss-reactive ketones (excluding diaryl/α,β-unsaturated/α-hetero) is 1. The topological polar surface area (TPSA) is 83.8 Å². The number of hydrogen-bond acceptors (Lipinski definition) is 5. The third-order valence-electron chi connectivity index (χ3n) is 6.60. The molecule has 0 saturated heterocycles. The van der Waals surface area contributed by atoms with E-state index in [1.54, 1.807) is 0 Å². The lowest BCUT2D eigenvalue weighted by Crippen LogP contribution is -2.35. The molecule has 0 aromatic rings. The summed E-state index contributed by atoms with van der Waals surface area (Å²) < 4.78 is 4.93. The molecule has 5 heteroatoms. The minimum absolute atomic E-state index is 0.00978. The molecule has 5 nitrogen and oxygen atoms in total. The zero-order chi connectivity index (χ0) is 22.4. The first kappa shape index (κ1) is 26.8. The molecule has 1 fully saturated rings. The number of aliphatic hydroxyl groups excluding tert-OH is 2. The lowest BCUT2D eigenvalue weighted by molar-refractivity contribution is -0.141. The van der Waals surface area contributed by atoms with E-state index in [9.17, 15) is 19.8 Å². The Balaban J connectivity index is 2.29. The molecule has 1 unspecified atom stereocenters. The molecule has 0 bridgehead atoms. The third kappa shape index (κ3) is 9.74. The fourth-order valence-corrected chi connectivity index (χ4v) is 4.52. The molecule has 1 aliphatic carbocycles. The van der Waals surface area contributed by atoms with Crippen LogP contribution in [0.2, 0.25) is 0 Å². The largest absolute Gasteiger partial charge is 0.466 e. The van der Waals surface area contributed by atoms with Gasteiger partial charge in [0.25, 0.3) is 0 Å². The van der Waals surface area contributed by atoms with Crippen molar-refractivity contribution in [1.82, 2.24) is 0 Å². The van der Waals surface area contributed by atoms with Gasteiger partial charge in [-0.25, -0.2) is 0 Å². The highest BCUT2D eigenvalue weighted by atomic mass is 16.5. The fourth-order valence-electron chi connectivity index (χ4n) is 4.52. The Morgan fingerprint density at radius 2 is 1.90 bits per heavy atom. The molecular formula is C25H44O5. The Morgan fingerprint density at radius 3 is 2.53 bits per heavy atom. The van der Waals surface area contributed by atoms with Gasteiger partial charge in [0.1, 0.15) is 5.78 Å². The molecule has 1 rings (SSSR count). The summed E-state index contributed by atoms with van der Waals surface area (Å²) in [7, 11) is 0. The maximum Gasteiger partial charge on any atom is 0.302 e. The number of carbonyl (C=O) groups excluding carboxylic acids is 2. The average molecular weight is 425 g/mol. The summed E-state index contributed by atoms with van der Waals surface area (Å²) in [5, 5.41) is 20.1. The number of hydrogen-bond donors (Lipinski definition) is 2. The molecule has 0 aliphatic heterocycles. The van der Waals surface area contributed by atoms with Crippen molar-refractivity contribution in [2.45, 2.75) is 104 Å². The van der Waals surface area contributed by atoms with Crippen LogP contribution in [0.25, 0.3) is 0 Å². The number of allylic oxidation sites excluding steroid dienone is 1. The van der Waals surface area contributed by atoms with Crippen molar-refractivity contribution in [2.24, 2.45) is 17.3 Å². The highest BCUT2D eigenvalue weighted by molar-refractivity contribution is 5.83. The summed E-state index contributed by atoms with van der Waals surface area (Å²) in [6.07, 6.45) is 14.9. The van der Waals surface area contributed by atoms with Gasteiger partial charge in [0.2, 0.25) is 0 Å². The zero-order valence-electron chi connectivity index (χ0n) is 19.4. The monoisotopic (exact) mass is 424 g/mol. The number of unbranched alkanes of at least 4 members (excludes halogenated alkanes) is 5. The van der Waals surface area contributed by atoms with Gasteiger partial charge in [-0.15, -0.1) is 0 Å². The normalized spacial score (nSPS) is 22.4. The first-order chi connectivity index (χ1) is 14.3. The van der Waals surface area contributed by atoms with Gasteiger partial charge in [0, 0.05) is 24.7 Å². The van der Waals surface area contributed by atoms with Crippen molar-refractivity contribution in [3.63, 3.8) is 0 Å². The predicted octanol–water partition coefficient (Wildman–Crippen LogP) is 4.98. The van der Waals surface area contributed by atoms with E-state index in [1.807, 2.05) is 13.0 Å². The van der Waals surface area contributed by atoms with E-state index in [0.29, 0.717) is 31.1 Å². The number of rotatable bonds is 16. The summed E-state index contributed by atoms with van der Waals surface area (Å²) >= 11 is 0. The van der Waals surface area contributed by atoms with Gasteiger partial charge in [0.05, 0.1) is 19.3 Å². The van der Waals surface area contributed by atoms with E-state index in [2.05, 4.69) is 13.0 Å². The first-order valence-electron chi connectivity index (χ1n) is 12.0. The molecule has 0 aromatic heterocycles. The van der Waals surface area contributed by atoms with Gasteiger partial charge in [0.15, 0.2) is 0 Å². The van der Waals surface area contributed by atoms with Crippen LogP contribution in [0.5, 0.6) is 0 Å². The van der Waals surface area contributed by atoms with Crippen molar-refractivity contribution in [1.29, 1.82) is 0 Å². The second kappa shape index (κ2) is 14.7. The van der Waals surface area contributed by atoms with Crippen LogP contribution in [-0.4, -0.2) is 41.3 Å². The van der Waals surface area contributed by atoms with Gasteiger partial charge < -0.3 is 14.9 Å². The predicted molar refractivity (Wildman–Crippen MR) is 120 cm³/mol. The second-order valence-electron chi connectivity index (χ2n) is 9.27. The van der Waals surface area contributed by atoms with Crippen LogP contribution >= 0.6 is 0 Å². The SMILES string of the molecule is CCCC(C)(CO)[C@@H](O)CC=C[C@H]1CCC(=O)[C@@H]1CCCCCCCCOC(C)=O. The molecule has 30 heavy (non-hydrogen) atoms. The first-order valence-corrected chi connectivity index (χ1v) is 12.0. The summed E-state index contributed by atoms with van der Waals surface area (Å²) in [5.41, 5.74) is -0.456. The van der Waals surface area contributed by atoms with Crippen molar-refractivity contribution < 1.29 is 24.5 Å². The number of carbonyl (C=O) groups is 2. The molecule has 174 valence electrons. The van der Waals surface area contributed by atoms with E-state index in [1.165, 1.54) is 6.92 Å². The molecule has 2 N–H and O–H groups in total. The summed E-state index contributed by atoms with van der Waals surface area (Å²) in [4.78, 5) is 23.0. The Bertz CT molecular complexity index is 530. The van der Waals surface area contributed by atoms with E-state index < -0.39 is 11.5 Å². The Labute approximate surface area is 183 Å². The standard InChI is InChI=1S/C25H44O5/c1-4-17-25(3,19-26)24(29)14-11-12-21-15-16-23(28)22(21)13-9-7-5-6-8-10-18-30-20(2)27/h11-12,21-22,24,26,29H,4-10,13-19H2,1-3H3/t21-,22+,24-,25?/m0/s1. The summed E-state index contributed by atoms with van der Waals surface area (Å²) in [5.74, 6) is 0.595. The molecule has 1 aliphatic rings. The third-order valence-corrected chi connectivity index (χ3v) is 6.60. The molecule has 1 saturated carbocycles. The van der Waals surface area contributed by atoms with E-state index in [4.69, 9.17) is 4.74 Å². The quantitative estimate of drug-likeness (QED) is 0.207. The Kier molecular flexibility index (Phi) is 13.2. The van der Waals surface area contributed by atoms with Gasteiger partial charge in [-0.05, 0) is 38.0 Å².